The summed E-state index contributed by atoms with van der Waals surface area (Å²) in [6.07, 6.45) is 0.748. The number of benzene rings is 1. The van der Waals surface area contributed by atoms with Crippen molar-refractivity contribution in [1.82, 2.24) is 9.97 Å². The van der Waals surface area contributed by atoms with Crippen LogP contribution in [0.1, 0.15) is 36.1 Å². The van der Waals surface area contributed by atoms with Crippen molar-refractivity contribution >= 4 is 6.29 Å². The molecular formula is C13H14N2O. The second-order valence-electron chi connectivity index (χ2n) is 4.02. The highest BCUT2D eigenvalue weighted by atomic mass is 16.1. The van der Waals surface area contributed by atoms with Gasteiger partial charge in [-0.05, 0) is 5.92 Å². The van der Waals surface area contributed by atoms with E-state index in [0.29, 0.717) is 11.7 Å². The Balaban J connectivity index is 2.55. The van der Waals surface area contributed by atoms with Gasteiger partial charge in [-0.3, -0.25) is 4.79 Å². The number of hydrogen-bond donors (Lipinski definition) is 1. The molecule has 1 aromatic heterocycles. The third-order valence-corrected chi connectivity index (χ3v) is 2.49. The van der Waals surface area contributed by atoms with Gasteiger partial charge >= 0.3 is 0 Å². The minimum absolute atomic E-state index is 0.316. The number of hydrogen-bond acceptors (Lipinski definition) is 2. The summed E-state index contributed by atoms with van der Waals surface area (Å²) in [6.45, 7) is 4.16. The van der Waals surface area contributed by atoms with Crippen molar-refractivity contribution in [3.8, 4) is 11.3 Å². The molecule has 0 fully saturated rings. The molecule has 2 rings (SSSR count). The van der Waals surface area contributed by atoms with E-state index in [0.717, 1.165) is 23.2 Å². The lowest BCUT2D eigenvalue weighted by atomic mass is 10.0. The number of aldehydes is 1. The zero-order valence-electron chi connectivity index (χ0n) is 9.40. The van der Waals surface area contributed by atoms with Crippen LogP contribution >= 0.6 is 0 Å². The number of H-pyrrole nitrogens is 1. The average Bonchev–Trinajstić information content (AvgIpc) is 2.74. The Hall–Kier alpha value is -1.90. The summed E-state index contributed by atoms with van der Waals surface area (Å²) < 4.78 is 0. The monoisotopic (exact) mass is 214 g/mol. The zero-order valence-corrected chi connectivity index (χ0v) is 9.40. The fraction of sp³-hybridized carbons (Fsp3) is 0.231. The van der Waals surface area contributed by atoms with E-state index in [1.807, 2.05) is 30.3 Å². The first-order chi connectivity index (χ1) is 7.72. The summed E-state index contributed by atoms with van der Waals surface area (Å²) in [5, 5.41) is 0. The van der Waals surface area contributed by atoms with Crippen LogP contribution in [0.15, 0.2) is 30.3 Å². The molecule has 1 aromatic carbocycles. The Morgan fingerprint density at radius 2 is 1.94 bits per heavy atom. The maximum absolute atomic E-state index is 10.7. The average molecular weight is 214 g/mol. The van der Waals surface area contributed by atoms with Crippen LogP contribution in [-0.2, 0) is 0 Å². The smallest absolute Gasteiger partial charge is 0.185 e. The number of carbonyl (C=O) groups excluding carboxylic acids is 1. The molecule has 1 heterocycles. The van der Waals surface area contributed by atoms with E-state index in [9.17, 15) is 4.79 Å². The SMILES string of the molecule is CC(C)c1[nH]c(C=O)nc1-c1ccccc1. The van der Waals surface area contributed by atoms with Gasteiger partial charge in [-0.25, -0.2) is 4.98 Å². The number of nitrogens with zero attached hydrogens (tertiary/aromatic N) is 1. The fourth-order valence-electron chi connectivity index (χ4n) is 1.70. The van der Waals surface area contributed by atoms with E-state index in [-0.39, 0.29) is 0 Å². The molecule has 1 N–H and O–H groups in total. The summed E-state index contributed by atoms with van der Waals surface area (Å²) in [5.41, 5.74) is 2.92. The number of aromatic amines is 1. The second-order valence-corrected chi connectivity index (χ2v) is 4.02. The molecule has 3 heteroatoms. The predicted molar refractivity (Wildman–Crippen MR) is 63.5 cm³/mol. The molecule has 82 valence electrons. The molecule has 2 aromatic rings. The number of nitrogens with one attached hydrogen (secondary N) is 1. The fourth-order valence-corrected chi connectivity index (χ4v) is 1.70. The van der Waals surface area contributed by atoms with E-state index in [2.05, 4.69) is 23.8 Å². The van der Waals surface area contributed by atoms with Gasteiger partial charge in [0.1, 0.15) is 0 Å². The van der Waals surface area contributed by atoms with Gasteiger partial charge in [0.25, 0.3) is 0 Å². The van der Waals surface area contributed by atoms with Crippen molar-refractivity contribution in [2.45, 2.75) is 19.8 Å². The quantitative estimate of drug-likeness (QED) is 0.798. The molecule has 0 radical (unpaired) electrons. The van der Waals surface area contributed by atoms with Crippen molar-refractivity contribution in [3.63, 3.8) is 0 Å². The Kier molecular flexibility index (Phi) is 2.86. The Labute approximate surface area is 94.5 Å². The molecule has 0 amide bonds. The molecule has 0 spiro atoms. The first kappa shape index (κ1) is 10.6. The summed E-state index contributed by atoms with van der Waals surface area (Å²) in [4.78, 5) is 18.1. The Morgan fingerprint density at radius 1 is 1.25 bits per heavy atom. The molecular weight excluding hydrogens is 200 g/mol. The number of rotatable bonds is 3. The van der Waals surface area contributed by atoms with E-state index < -0.39 is 0 Å². The topological polar surface area (TPSA) is 45.8 Å². The van der Waals surface area contributed by atoms with Gasteiger partial charge in [0.05, 0.1) is 5.69 Å². The highest BCUT2D eigenvalue weighted by Gasteiger charge is 2.13. The number of carbonyl (C=O) groups is 1. The summed E-state index contributed by atoms with van der Waals surface area (Å²) in [7, 11) is 0. The van der Waals surface area contributed by atoms with Crippen LogP contribution in [0, 0.1) is 0 Å². The lowest BCUT2D eigenvalue weighted by Gasteiger charge is -2.05. The summed E-state index contributed by atoms with van der Waals surface area (Å²) in [6, 6.07) is 9.89. The molecule has 0 atom stereocenters. The minimum atomic E-state index is 0.316. The second kappa shape index (κ2) is 4.31. The van der Waals surface area contributed by atoms with Crippen LogP contribution in [-0.4, -0.2) is 16.3 Å². The summed E-state index contributed by atoms with van der Waals surface area (Å²) >= 11 is 0. The number of aromatic nitrogens is 2. The maximum atomic E-state index is 10.7. The van der Waals surface area contributed by atoms with Crippen LogP contribution in [0.25, 0.3) is 11.3 Å². The lowest BCUT2D eigenvalue weighted by molar-refractivity contribution is 0.111. The molecule has 0 unspecified atom stereocenters. The molecule has 16 heavy (non-hydrogen) atoms. The van der Waals surface area contributed by atoms with Crippen molar-refractivity contribution < 1.29 is 4.79 Å². The maximum Gasteiger partial charge on any atom is 0.185 e. The third kappa shape index (κ3) is 1.89. The zero-order chi connectivity index (χ0) is 11.5. The van der Waals surface area contributed by atoms with Gasteiger partial charge in [-0.1, -0.05) is 44.2 Å². The van der Waals surface area contributed by atoms with Gasteiger partial charge in [0.15, 0.2) is 12.1 Å². The van der Waals surface area contributed by atoms with E-state index >= 15 is 0 Å². The molecule has 0 aliphatic rings. The van der Waals surface area contributed by atoms with Crippen molar-refractivity contribution in [2.24, 2.45) is 0 Å². The van der Waals surface area contributed by atoms with Gasteiger partial charge in [-0.2, -0.15) is 0 Å². The van der Waals surface area contributed by atoms with Crippen LogP contribution in [0.3, 0.4) is 0 Å². The molecule has 0 saturated heterocycles. The molecule has 0 saturated carbocycles. The van der Waals surface area contributed by atoms with Gasteiger partial charge in [0.2, 0.25) is 0 Å². The first-order valence-corrected chi connectivity index (χ1v) is 5.33. The third-order valence-electron chi connectivity index (χ3n) is 2.49. The van der Waals surface area contributed by atoms with Crippen LogP contribution in [0.4, 0.5) is 0 Å². The Bertz CT molecular complexity index is 486. The molecule has 0 bridgehead atoms. The predicted octanol–water partition coefficient (Wildman–Crippen LogP) is 3.01. The normalized spacial score (nSPS) is 10.7. The molecule has 0 aliphatic heterocycles. The van der Waals surface area contributed by atoms with Crippen LogP contribution < -0.4 is 0 Å². The van der Waals surface area contributed by atoms with E-state index in [1.165, 1.54) is 0 Å². The van der Waals surface area contributed by atoms with Gasteiger partial charge < -0.3 is 4.98 Å². The highest BCUT2D eigenvalue weighted by Crippen LogP contribution is 2.26. The van der Waals surface area contributed by atoms with Crippen molar-refractivity contribution in [3.05, 3.63) is 41.9 Å². The van der Waals surface area contributed by atoms with E-state index in [1.54, 1.807) is 0 Å². The largest absolute Gasteiger partial charge is 0.339 e. The highest BCUT2D eigenvalue weighted by molar-refractivity contribution is 5.73. The van der Waals surface area contributed by atoms with Crippen molar-refractivity contribution in [1.29, 1.82) is 0 Å². The molecule has 3 nitrogen and oxygen atoms in total. The number of imidazole rings is 1. The Morgan fingerprint density at radius 3 is 2.50 bits per heavy atom. The van der Waals surface area contributed by atoms with Crippen molar-refractivity contribution in [2.75, 3.05) is 0 Å². The summed E-state index contributed by atoms with van der Waals surface area (Å²) in [5.74, 6) is 0.707. The van der Waals surface area contributed by atoms with E-state index in [4.69, 9.17) is 0 Å². The van der Waals surface area contributed by atoms with Crippen LogP contribution in [0.2, 0.25) is 0 Å². The standard InChI is InChI=1S/C13H14N2O/c1-9(2)12-13(15-11(8-16)14-12)10-6-4-3-5-7-10/h3-9H,1-2H3,(H,14,15). The first-order valence-electron chi connectivity index (χ1n) is 5.33. The minimum Gasteiger partial charge on any atom is -0.339 e. The molecule has 0 aliphatic carbocycles. The van der Waals surface area contributed by atoms with Gasteiger partial charge in [-0.15, -0.1) is 0 Å². The lowest BCUT2D eigenvalue weighted by Crippen LogP contribution is -1.91. The van der Waals surface area contributed by atoms with Crippen LogP contribution in [0.5, 0.6) is 0 Å². The van der Waals surface area contributed by atoms with Gasteiger partial charge in [0, 0.05) is 11.3 Å².